The molecule has 2 heterocycles. The van der Waals surface area contributed by atoms with E-state index in [0.717, 1.165) is 17.1 Å². The summed E-state index contributed by atoms with van der Waals surface area (Å²) in [6.45, 7) is 4.48. The second-order valence-corrected chi connectivity index (χ2v) is 23.8. The van der Waals surface area contributed by atoms with Gasteiger partial charge < -0.3 is 24.2 Å². The highest BCUT2D eigenvalue weighted by Gasteiger charge is 2.18. The number of hydrogen-bond acceptors (Lipinski definition) is 25. The number of non-ortho nitro benzene ring substituents is 2. The van der Waals surface area contributed by atoms with Crippen molar-refractivity contribution in [2.45, 2.75) is 56.5 Å². The van der Waals surface area contributed by atoms with E-state index >= 15 is 0 Å². The topological polar surface area (TPSA) is 479 Å². The van der Waals surface area contributed by atoms with Gasteiger partial charge in [0.25, 0.3) is 11.4 Å². The molecule has 37 nitrogen and oxygen atoms in total. The van der Waals surface area contributed by atoms with Gasteiger partial charge in [-0.3, -0.25) is 29.6 Å². The van der Waals surface area contributed by atoms with Crippen molar-refractivity contribution >= 4 is 72.4 Å². The first kappa shape index (κ1) is 73.8. The Kier molecular flexibility index (Phi) is 28.7. The fourth-order valence-corrected chi connectivity index (χ4v) is 11.1. The highest BCUT2D eigenvalue weighted by atomic mass is 32.2. The summed E-state index contributed by atoms with van der Waals surface area (Å²) in [6, 6.07) is 35.8. The molecule has 0 atom stereocenters. The Labute approximate surface area is 577 Å². The van der Waals surface area contributed by atoms with Crippen LogP contribution in [0.1, 0.15) is 37.1 Å². The van der Waals surface area contributed by atoms with Crippen LogP contribution in [0.2, 0.25) is 0 Å². The molecular weight excluding hydrogens is 1320 g/mol. The molecule has 8 aromatic rings. The number of benzene rings is 6. The van der Waals surface area contributed by atoms with Crippen LogP contribution in [0.4, 0.5) is 62.6 Å². The Bertz CT molecular complexity index is 4260. The van der Waals surface area contributed by atoms with Crippen LogP contribution in [0.3, 0.4) is 0 Å². The van der Waals surface area contributed by atoms with E-state index in [-0.39, 0.29) is 84.3 Å². The minimum Gasteiger partial charge on any atom is -0.491 e. The molecule has 0 aliphatic rings. The quantitative estimate of drug-likeness (QED) is 0.00652. The Morgan fingerprint density at radius 1 is 0.495 bits per heavy atom. The van der Waals surface area contributed by atoms with Crippen LogP contribution in [0, 0.1) is 32.6 Å². The van der Waals surface area contributed by atoms with Crippen molar-refractivity contribution in [3.05, 3.63) is 219 Å². The number of unbranched alkanes of at least 4 members (excludes halogenated alkanes) is 1. The molecule has 0 spiro atoms. The summed E-state index contributed by atoms with van der Waals surface area (Å²) in [4.78, 5) is 39.8. The summed E-state index contributed by atoms with van der Waals surface area (Å²) in [5.41, 5.74) is 40.8. The first-order valence-corrected chi connectivity index (χ1v) is 33.1. The van der Waals surface area contributed by atoms with E-state index in [1.54, 1.807) is 70.0 Å². The van der Waals surface area contributed by atoms with Crippen LogP contribution in [-0.4, -0.2) is 133 Å². The lowest BCUT2D eigenvalue weighted by atomic mass is 10.2. The molecule has 0 saturated carbocycles. The second kappa shape index (κ2) is 39.2. The van der Waals surface area contributed by atoms with Gasteiger partial charge in [0, 0.05) is 133 Å². The number of rotatable bonds is 43. The van der Waals surface area contributed by atoms with Crippen molar-refractivity contribution in [1.82, 2.24) is 30.0 Å². The minimum absolute atomic E-state index is 0.0576. The Morgan fingerprint density at radius 2 is 0.851 bits per heavy atom. The molecule has 0 aliphatic heterocycles. The summed E-state index contributed by atoms with van der Waals surface area (Å²) in [6.07, 6.45) is 11.6. The van der Waals surface area contributed by atoms with Gasteiger partial charge in [0.2, 0.25) is 0 Å². The third-order valence-electron chi connectivity index (χ3n) is 14.9. The van der Waals surface area contributed by atoms with Gasteiger partial charge >= 0.3 is 0 Å². The predicted molar refractivity (Wildman–Crippen MR) is 375 cm³/mol. The lowest BCUT2D eigenvalue weighted by Gasteiger charge is -2.24. The highest BCUT2D eigenvalue weighted by Crippen LogP contribution is 2.36. The fraction of sp³-hybridized carbons (Fsp3) is 0.333. The number of aromatic nitrogens is 6. The monoisotopic (exact) mass is 1390 g/mol. The zero-order valence-electron chi connectivity index (χ0n) is 54.4. The van der Waals surface area contributed by atoms with Crippen molar-refractivity contribution in [1.29, 1.82) is 0 Å². The predicted octanol–water partition coefficient (Wildman–Crippen LogP) is 15.2. The van der Waals surface area contributed by atoms with E-state index in [1.807, 2.05) is 46.5 Å². The Morgan fingerprint density at radius 3 is 1.21 bits per heavy atom. The normalized spacial score (nSPS) is 11.1. The number of anilines is 3. The number of ether oxygens (including phenoxy) is 2. The number of sulfone groups is 1. The van der Waals surface area contributed by atoms with Crippen molar-refractivity contribution in [3.63, 3.8) is 0 Å². The van der Waals surface area contributed by atoms with Crippen molar-refractivity contribution in [2.24, 2.45) is 51.1 Å². The van der Waals surface area contributed by atoms with E-state index in [9.17, 15) is 28.6 Å². The maximum atomic E-state index is 12.8. The van der Waals surface area contributed by atoms with Crippen LogP contribution in [-0.2, 0) is 35.8 Å². The van der Waals surface area contributed by atoms with Crippen molar-refractivity contribution in [3.8, 4) is 23.8 Å². The number of azo groups is 3. The van der Waals surface area contributed by atoms with E-state index in [4.69, 9.17) is 38.0 Å². The fourth-order valence-electron chi connectivity index (χ4n) is 9.75. The molecule has 0 unspecified atom stereocenters. The molecule has 0 saturated heterocycles. The molecule has 0 N–H and O–H groups in total. The van der Waals surface area contributed by atoms with Gasteiger partial charge in [-0.2, -0.15) is 20.5 Å². The summed E-state index contributed by atoms with van der Waals surface area (Å²) < 4.78 is 41.1. The molecule has 0 bridgehead atoms. The minimum atomic E-state index is -3.50. The first-order valence-electron chi connectivity index (χ1n) is 31.4. The molecular formula is C63H67N29O8S. The summed E-state index contributed by atoms with van der Waals surface area (Å²) in [5.74, 6) is 2.72. The molecule has 518 valence electrons. The van der Waals surface area contributed by atoms with Gasteiger partial charge in [-0.1, -0.05) is 30.9 Å². The number of azide groups is 4. The second-order valence-electron chi connectivity index (χ2n) is 21.7. The Hall–Kier alpha value is -13.1. The van der Waals surface area contributed by atoms with Gasteiger partial charge in [0.15, 0.2) is 21.3 Å². The summed E-state index contributed by atoms with van der Waals surface area (Å²) in [5, 5.41) is 81.7. The molecule has 0 aliphatic carbocycles. The van der Waals surface area contributed by atoms with Gasteiger partial charge in [-0.25, -0.2) is 8.42 Å². The van der Waals surface area contributed by atoms with Crippen LogP contribution >= 0.6 is 0 Å². The van der Waals surface area contributed by atoms with Gasteiger partial charge in [-0.15, -0.1) is 32.8 Å². The molecule has 0 fully saturated rings. The van der Waals surface area contributed by atoms with E-state index in [2.05, 4.69) is 102 Å². The molecule has 8 rings (SSSR count). The average molecular weight is 1390 g/mol. The number of terminal acetylenes is 1. The third-order valence-corrected chi connectivity index (χ3v) is 16.7. The zero-order chi connectivity index (χ0) is 71.4. The molecule has 2 aromatic heterocycles. The van der Waals surface area contributed by atoms with Gasteiger partial charge in [0.1, 0.15) is 11.4 Å². The van der Waals surface area contributed by atoms with E-state index in [1.165, 1.54) is 48.5 Å². The van der Waals surface area contributed by atoms with Crippen molar-refractivity contribution < 1.29 is 27.7 Å². The molecule has 0 amide bonds. The summed E-state index contributed by atoms with van der Waals surface area (Å²) >= 11 is 0. The highest BCUT2D eigenvalue weighted by molar-refractivity contribution is 7.91. The maximum Gasteiger partial charge on any atom is 0.273 e. The van der Waals surface area contributed by atoms with Gasteiger partial charge in [-0.05, 0) is 163 Å². The van der Waals surface area contributed by atoms with E-state index < -0.39 is 19.7 Å². The third kappa shape index (κ3) is 23.9. The maximum absolute atomic E-state index is 12.8. The number of hydrogen-bond donors (Lipinski definition) is 0. The lowest BCUT2D eigenvalue weighted by molar-refractivity contribution is -0.385. The van der Waals surface area contributed by atoms with Gasteiger partial charge in [0.05, 0.1) is 93.1 Å². The molecule has 6 aromatic carbocycles. The van der Waals surface area contributed by atoms with Crippen LogP contribution < -0.4 is 24.2 Å². The largest absolute Gasteiger partial charge is 0.491 e. The van der Waals surface area contributed by atoms with Crippen LogP contribution in [0.25, 0.3) is 41.8 Å². The SMILES string of the molecule is C#CCCCS(=O)(=O)c1ccc(N=Nc2ccc(N(CCn3cc(CCCOc4cc([N+](=O)[O-])ccc4N=Nc4ccc(N(CCN=[N+]=[N-])CCN=[N+]=[N-])cc4)nn3)CCn3cc(CCCOc4cc([N+](=O)[O-])ccc4N=Nc4ccc(N(CCN=[N+]=[N-])CCN=[N+]=[N-])cc4)nn3)cc2)cc1. The van der Waals surface area contributed by atoms with Crippen LogP contribution in [0.5, 0.6) is 11.5 Å². The number of nitro benzene ring substituents is 2. The summed E-state index contributed by atoms with van der Waals surface area (Å²) in [7, 11) is -3.50. The van der Waals surface area contributed by atoms with Crippen LogP contribution in [0.15, 0.2) is 202 Å². The Balaban J connectivity index is 0.887. The first-order chi connectivity index (χ1) is 49.2. The smallest absolute Gasteiger partial charge is 0.273 e. The van der Waals surface area contributed by atoms with E-state index in [0.29, 0.717) is 125 Å². The molecule has 38 heteroatoms. The average Bonchev–Trinajstić information content (AvgIpc) is 1.28. The number of aryl methyl sites for hydroxylation is 2. The molecule has 0 radical (unpaired) electrons. The number of nitro groups is 2. The van der Waals surface area contributed by atoms with Crippen molar-refractivity contribution in [2.75, 3.05) is 99.1 Å². The number of nitrogens with zero attached hydrogens (tertiary/aromatic N) is 29. The zero-order valence-corrected chi connectivity index (χ0v) is 55.2. The standard InChI is InChI=1S/C63H67N29O8S/c1-2-3-4-43-101(97,98)59-25-15-51(16-26-59)73-72-48-9-21-56(22-10-48)88(37-39-89-46-52(76-84-89)7-5-41-99-62-44-57(91(93)94)23-27-60(62)78-74-49-11-17-54(18-12-49)86(33-29-68-80-64)34-30-69-81-65)38-40-90-47-53(77-85-90)8-6-42-100-63-45-58(92(95)96)24-28-61(63)79-75-50-13-19-55(20-14-50)87(35-31-70-82-66)36-32-71-83-67/h1,9-28,44-47H,3-8,29-43H2. The lowest BCUT2D eigenvalue weighted by Crippen LogP contribution is -2.31. The molecule has 101 heavy (non-hydrogen) atoms.